The first kappa shape index (κ1) is 25.5. The monoisotopic (exact) mass is 541 g/mol. The molecule has 2 heterocycles. The summed E-state index contributed by atoms with van der Waals surface area (Å²) in [6.45, 7) is 8.95. The number of benzene rings is 1. The molecule has 2 aromatic rings. The van der Waals surface area contributed by atoms with E-state index in [1.54, 1.807) is 0 Å². The van der Waals surface area contributed by atoms with Gasteiger partial charge in [0.2, 0.25) is 0 Å². The molecular formula is C23H36IN5O2. The number of halogens is 1. The van der Waals surface area contributed by atoms with Crippen molar-refractivity contribution < 1.29 is 9.47 Å². The van der Waals surface area contributed by atoms with Crippen molar-refractivity contribution in [3.63, 3.8) is 0 Å². The molecule has 1 aromatic carbocycles. The molecule has 1 aromatic heterocycles. The second-order valence-corrected chi connectivity index (χ2v) is 7.58. The summed E-state index contributed by atoms with van der Waals surface area (Å²) in [6, 6.07) is 8.38. The van der Waals surface area contributed by atoms with Crippen LogP contribution in [0.4, 0.5) is 0 Å². The summed E-state index contributed by atoms with van der Waals surface area (Å²) in [7, 11) is 1.93. The van der Waals surface area contributed by atoms with Crippen LogP contribution < -0.4 is 10.1 Å². The summed E-state index contributed by atoms with van der Waals surface area (Å²) in [5.41, 5.74) is 2.38. The van der Waals surface area contributed by atoms with E-state index in [0.29, 0.717) is 6.61 Å². The Hall–Kier alpha value is -1.81. The molecule has 1 atom stereocenters. The van der Waals surface area contributed by atoms with Crippen LogP contribution in [0.25, 0.3) is 0 Å². The highest BCUT2D eigenvalue weighted by atomic mass is 127. The van der Waals surface area contributed by atoms with Gasteiger partial charge < -0.3 is 19.7 Å². The maximum atomic E-state index is 5.97. The number of hydrogen-bond donors (Lipinski definition) is 1. The summed E-state index contributed by atoms with van der Waals surface area (Å²) in [5.74, 6) is 1.90. The molecule has 1 saturated heterocycles. The van der Waals surface area contributed by atoms with E-state index in [4.69, 9.17) is 14.5 Å². The van der Waals surface area contributed by atoms with Gasteiger partial charge in [0.25, 0.3) is 0 Å². The molecule has 0 bridgehead atoms. The predicted molar refractivity (Wildman–Crippen MR) is 135 cm³/mol. The third kappa shape index (κ3) is 7.99. The Bertz CT molecular complexity index is 794. The summed E-state index contributed by atoms with van der Waals surface area (Å²) < 4.78 is 13.5. The Morgan fingerprint density at radius 1 is 1.29 bits per heavy atom. The quantitative estimate of drug-likeness (QED) is 0.227. The molecule has 31 heavy (non-hydrogen) atoms. The number of nitrogens with one attached hydrogen (secondary N) is 1. The number of aryl methyl sites for hydroxylation is 1. The molecule has 1 unspecified atom stereocenters. The molecule has 0 radical (unpaired) electrons. The largest absolute Gasteiger partial charge is 0.494 e. The number of hydrogen-bond acceptors (Lipinski definition) is 4. The maximum Gasteiger partial charge on any atom is 0.194 e. The first-order valence-corrected chi connectivity index (χ1v) is 11.0. The van der Waals surface area contributed by atoms with E-state index in [1.165, 1.54) is 5.56 Å². The van der Waals surface area contributed by atoms with Crippen molar-refractivity contribution in [2.75, 3.05) is 39.4 Å². The van der Waals surface area contributed by atoms with Crippen LogP contribution in [0.1, 0.15) is 43.9 Å². The minimum atomic E-state index is 0. The van der Waals surface area contributed by atoms with Crippen molar-refractivity contribution in [1.82, 2.24) is 20.0 Å². The molecule has 172 valence electrons. The van der Waals surface area contributed by atoms with Gasteiger partial charge >= 0.3 is 0 Å². The van der Waals surface area contributed by atoms with Crippen molar-refractivity contribution in [3.05, 3.63) is 47.8 Å². The Morgan fingerprint density at radius 3 is 2.77 bits per heavy atom. The van der Waals surface area contributed by atoms with Gasteiger partial charge in [-0.15, -0.1) is 24.0 Å². The van der Waals surface area contributed by atoms with Crippen LogP contribution in [0.2, 0.25) is 0 Å². The van der Waals surface area contributed by atoms with Crippen molar-refractivity contribution >= 4 is 29.9 Å². The summed E-state index contributed by atoms with van der Waals surface area (Å²) >= 11 is 0. The van der Waals surface area contributed by atoms with Crippen LogP contribution in [0.5, 0.6) is 5.75 Å². The van der Waals surface area contributed by atoms with Crippen LogP contribution in [0.15, 0.2) is 41.7 Å². The number of ether oxygens (including phenoxy) is 2. The fourth-order valence-corrected chi connectivity index (χ4v) is 3.45. The maximum absolute atomic E-state index is 5.97. The standard InChI is InChI=1S/C23H35N5O2.HI/c1-4-6-14-29-21-9-7-19(8-10-21)11-12-25-23(24-5-2)28-13-15-30-22(18-28)20-16-26-27(3)17-20;/h7-10,16-17,22H,4-6,11-15,18H2,1-3H3,(H,24,25);1H. The second-order valence-electron chi connectivity index (χ2n) is 7.58. The number of unbranched alkanes of at least 4 members (excludes halogenated alkanes) is 1. The fraction of sp³-hybridized carbons (Fsp3) is 0.565. The van der Waals surface area contributed by atoms with E-state index in [2.05, 4.69) is 53.4 Å². The van der Waals surface area contributed by atoms with Crippen molar-refractivity contribution in [3.8, 4) is 5.75 Å². The van der Waals surface area contributed by atoms with Gasteiger partial charge in [0.05, 0.1) is 26.0 Å². The van der Waals surface area contributed by atoms with Crippen LogP contribution in [-0.4, -0.2) is 60.0 Å². The minimum Gasteiger partial charge on any atom is -0.494 e. The lowest BCUT2D eigenvalue weighted by Crippen LogP contribution is -2.48. The zero-order valence-electron chi connectivity index (χ0n) is 18.9. The Morgan fingerprint density at radius 2 is 2.10 bits per heavy atom. The lowest BCUT2D eigenvalue weighted by molar-refractivity contribution is -0.00803. The summed E-state index contributed by atoms with van der Waals surface area (Å²) in [4.78, 5) is 7.16. The molecular weight excluding hydrogens is 505 g/mol. The van der Waals surface area contributed by atoms with Crippen molar-refractivity contribution in [2.45, 2.75) is 39.2 Å². The number of aliphatic imine (C=N–C) groups is 1. The van der Waals surface area contributed by atoms with Crippen molar-refractivity contribution in [2.24, 2.45) is 12.0 Å². The van der Waals surface area contributed by atoms with E-state index in [9.17, 15) is 0 Å². The smallest absolute Gasteiger partial charge is 0.194 e. The van der Waals surface area contributed by atoms with E-state index >= 15 is 0 Å². The molecule has 1 fully saturated rings. The van der Waals surface area contributed by atoms with Gasteiger partial charge in [-0.05, 0) is 37.5 Å². The Labute approximate surface area is 203 Å². The zero-order valence-corrected chi connectivity index (χ0v) is 21.2. The van der Waals surface area contributed by atoms with E-state index in [1.807, 2.05) is 24.1 Å². The highest BCUT2D eigenvalue weighted by Gasteiger charge is 2.25. The molecule has 0 spiro atoms. The SMILES string of the molecule is CCCCOc1ccc(CCN=C(NCC)N2CCOC(c3cnn(C)c3)C2)cc1.I. The van der Waals surface area contributed by atoms with Gasteiger partial charge in [0.1, 0.15) is 11.9 Å². The highest BCUT2D eigenvalue weighted by molar-refractivity contribution is 14.0. The molecule has 1 N–H and O–H groups in total. The van der Waals surface area contributed by atoms with Crippen molar-refractivity contribution in [1.29, 1.82) is 0 Å². The van der Waals surface area contributed by atoms with E-state index in [0.717, 1.165) is 69.3 Å². The normalized spacial score (nSPS) is 16.7. The molecule has 8 heteroatoms. The van der Waals surface area contributed by atoms with Gasteiger partial charge in [0.15, 0.2) is 5.96 Å². The Kier molecular flexibility index (Phi) is 11.1. The van der Waals surface area contributed by atoms with Crippen LogP contribution in [0, 0.1) is 0 Å². The van der Waals surface area contributed by atoms with Gasteiger partial charge in [-0.2, -0.15) is 5.10 Å². The molecule has 1 aliphatic rings. The highest BCUT2D eigenvalue weighted by Crippen LogP contribution is 2.21. The van der Waals surface area contributed by atoms with Gasteiger partial charge in [-0.3, -0.25) is 9.67 Å². The lowest BCUT2D eigenvalue weighted by Gasteiger charge is -2.34. The third-order valence-corrected chi connectivity index (χ3v) is 5.15. The van der Waals surface area contributed by atoms with E-state index < -0.39 is 0 Å². The minimum absolute atomic E-state index is 0. The topological polar surface area (TPSA) is 63.9 Å². The lowest BCUT2D eigenvalue weighted by atomic mass is 10.1. The number of nitrogens with zero attached hydrogens (tertiary/aromatic N) is 4. The third-order valence-electron chi connectivity index (χ3n) is 5.15. The van der Waals surface area contributed by atoms with Crippen LogP contribution >= 0.6 is 24.0 Å². The molecule has 0 aliphatic carbocycles. The molecule has 0 saturated carbocycles. The Balaban J connectivity index is 0.00000341. The average molecular weight is 541 g/mol. The second kappa shape index (κ2) is 13.6. The molecule has 3 rings (SSSR count). The summed E-state index contributed by atoms with van der Waals surface area (Å²) in [5, 5.41) is 7.70. The fourth-order valence-electron chi connectivity index (χ4n) is 3.45. The average Bonchev–Trinajstić information content (AvgIpc) is 3.21. The molecule has 1 aliphatic heterocycles. The van der Waals surface area contributed by atoms with Gasteiger partial charge in [0, 0.05) is 38.4 Å². The first-order chi connectivity index (χ1) is 14.7. The predicted octanol–water partition coefficient (Wildman–Crippen LogP) is 3.80. The number of morpholine rings is 1. The summed E-state index contributed by atoms with van der Waals surface area (Å²) in [6.07, 6.45) is 7.07. The van der Waals surface area contributed by atoms with Crippen LogP contribution in [0.3, 0.4) is 0 Å². The number of guanidine groups is 1. The number of aromatic nitrogens is 2. The number of rotatable bonds is 9. The molecule has 7 nitrogen and oxygen atoms in total. The van der Waals surface area contributed by atoms with Gasteiger partial charge in [-0.25, -0.2) is 0 Å². The van der Waals surface area contributed by atoms with Gasteiger partial charge in [-0.1, -0.05) is 25.5 Å². The zero-order chi connectivity index (χ0) is 21.2. The first-order valence-electron chi connectivity index (χ1n) is 11.0. The molecule has 0 amide bonds. The van der Waals surface area contributed by atoms with Crippen LogP contribution in [-0.2, 0) is 18.2 Å². The van der Waals surface area contributed by atoms with E-state index in [-0.39, 0.29) is 30.1 Å².